The molecule has 0 aliphatic carbocycles. The topological polar surface area (TPSA) is 34.5 Å². The van der Waals surface area contributed by atoms with Crippen LogP contribution in [0.2, 0.25) is 0 Å². The zero-order chi connectivity index (χ0) is 18.0. The van der Waals surface area contributed by atoms with Gasteiger partial charge in [0, 0.05) is 6.21 Å². The molecule has 2 aromatic carbocycles. The van der Waals surface area contributed by atoms with Crippen LogP contribution in [0.3, 0.4) is 0 Å². The van der Waals surface area contributed by atoms with E-state index in [1.54, 1.807) is 11.3 Å². The molecule has 0 amide bonds. The molecule has 0 bridgehead atoms. The highest BCUT2D eigenvalue weighted by Gasteiger charge is 2.00. The van der Waals surface area contributed by atoms with E-state index in [4.69, 9.17) is 4.74 Å². The molecule has 0 saturated carbocycles. The highest BCUT2D eigenvalue weighted by Crippen LogP contribution is 2.27. The summed E-state index contributed by atoms with van der Waals surface area (Å²) < 4.78 is 6.98. The minimum Gasteiger partial charge on any atom is -0.494 e. The van der Waals surface area contributed by atoms with E-state index in [1.807, 2.05) is 48.7 Å². The number of aromatic nitrogens is 1. The molecule has 136 valence electrons. The Labute approximate surface area is 159 Å². The first-order valence-electron chi connectivity index (χ1n) is 9.47. The van der Waals surface area contributed by atoms with E-state index in [9.17, 15) is 0 Å². The Morgan fingerprint density at radius 1 is 0.962 bits per heavy atom. The molecule has 1 aromatic heterocycles. The molecule has 0 aliphatic rings. The van der Waals surface area contributed by atoms with Gasteiger partial charge in [-0.05, 0) is 48.4 Å². The third-order valence-corrected chi connectivity index (χ3v) is 5.20. The van der Waals surface area contributed by atoms with Crippen molar-refractivity contribution in [3.05, 3.63) is 54.1 Å². The summed E-state index contributed by atoms with van der Waals surface area (Å²) in [4.78, 5) is 9.01. The van der Waals surface area contributed by atoms with Gasteiger partial charge in [0.15, 0.2) is 0 Å². The minimum absolute atomic E-state index is 0.787. The van der Waals surface area contributed by atoms with Crippen LogP contribution in [0.1, 0.15) is 51.0 Å². The number of benzene rings is 2. The van der Waals surface area contributed by atoms with Crippen molar-refractivity contribution in [2.24, 2.45) is 4.99 Å². The van der Waals surface area contributed by atoms with Crippen LogP contribution in [0.15, 0.2) is 53.5 Å². The number of ether oxygens (including phenoxy) is 1. The zero-order valence-corrected chi connectivity index (χ0v) is 16.2. The van der Waals surface area contributed by atoms with E-state index in [2.05, 4.69) is 23.0 Å². The van der Waals surface area contributed by atoms with Crippen molar-refractivity contribution in [3.8, 4) is 5.75 Å². The first-order valence-corrected chi connectivity index (χ1v) is 10.3. The molecule has 0 radical (unpaired) electrons. The number of rotatable bonds is 10. The maximum atomic E-state index is 5.82. The number of hydrogen-bond donors (Lipinski definition) is 0. The van der Waals surface area contributed by atoms with Crippen LogP contribution in [-0.2, 0) is 0 Å². The molecule has 1 heterocycles. The Morgan fingerprint density at radius 3 is 2.54 bits per heavy atom. The van der Waals surface area contributed by atoms with Crippen molar-refractivity contribution >= 4 is 32.9 Å². The Bertz CT molecular complexity index is 791. The van der Waals surface area contributed by atoms with Crippen LogP contribution >= 0.6 is 11.3 Å². The third-order valence-electron chi connectivity index (χ3n) is 4.25. The van der Waals surface area contributed by atoms with Gasteiger partial charge in [0.1, 0.15) is 5.75 Å². The highest BCUT2D eigenvalue weighted by molar-refractivity contribution is 7.22. The summed E-state index contributed by atoms with van der Waals surface area (Å²) >= 11 is 1.61. The molecule has 0 fully saturated rings. The molecule has 0 spiro atoms. The minimum atomic E-state index is 0.787. The van der Waals surface area contributed by atoms with Gasteiger partial charge in [-0.15, -0.1) is 0 Å². The zero-order valence-electron chi connectivity index (χ0n) is 15.4. The smallest absolute Gasteiger partial charge is 0.210 e. The number of thiazole rings is 1. The molecule has 3 rings (SSSR count). The number of unbranched alkanes of at least 4 members (excludes halogenated alkanes) is 5. The maximum absolute atomic E-state index is 5.82. The molecular formula is C22H26N2OS. The van der Waals surface area contributed by atoms with Gasteiger partial charge >= 0.3 is 0 Å². The van der Waals surface area contributed by atoms with E-state index >= 15 is 0 Å². The van der Waals surface area contributed by atoms with Crippen molar-refractivity contribution < 1.29 is 4.74 Å². The van der Waals surface area contributed by atoms with Crippen molar-refractivity contribution in [2.75, 3.05) is 6.61 Å². The van der Waals surface area contributed by atoms with Crippen LogP contribution in [0, 0.1) is 0 Å². The second kappa shape index (κ2) is 10.1. The number of nitrogens with zero attached hydrogens (tertiary/aromatic N) is 2. The SMILES string of the molecule is CCCCCCCCOc1ccc(/C=N/c2nc3ccccc3s2)cc1. The van der Waals surface area contributed by atoms with Crippen molar-refractivity contribution in [1.29, 1.82) is 0 Å². The van der Waals surface area contributed by atoms with E-state index in [0.717, 1.165) is 39.7 Å². The van der Waals surface area contributed by atoms with E-state index in [1.165, 1.54) is 32.1 Å². The lowest BCUT2D eigenvalue weighted by atomic mass is 10.1. The van der Waals surface area contributed by atoms with Crippen molar-refractivity contribution in [3.63, 3.8) is 0 Å². The molecule has 3 aromatic rings. The fourth-order valence-corrected chi connectivity index (χ4v) is 3.58. The van der Waals surface area contributed by atoms with Crippen LogP contribution in [0.5, 0.6) is 5.75 Å². The Morgan fingerprint density at radius 2 is 1.73 bits per heavy atom. The summed E-state index contributed by atoms with van der Waals surface area (Å²) in [7, 11) is 0. The van der Waals surface area contributed by atoms with E-state index < -0.39 is 0 Å². The van der Waals surface area contributed by atoms with E-state index in [0.29, 0.717) is 0 Å². The van der Waals surface area contributed by atoms with Gasteiger partial charge in [-0.25, -0.2) is 9.98 Å². The summed E-state index contributed by atoms with van der Waals surface area (Å²) in [6.45, 7) is 3.04. The molecule has 0 saturated heterocycles. The second-order valence-electron chi connectivity index (χ2n) is 6.41. The first-order chi connectivity index (χ1) is 12.8. The molecule has 26 heavy (non-hydrogen) atoms. The lowest BCUT2D eigenvalue weighted by Crippen LogP contribution is -1.97. The average molecular weight is 367 g/mol. The lowest BCUT2D eigenvalue weighted by molar-refractivity contribution is 0.304. The van der Waals surface area contributed by atoms with E-state index in [-0.39, 0.29) is 0 Å². The number of hydrogen-bond acceptors (Lipinski definition) is 4. The average Bonchev–Trinajstić information content (AvgIpc) is 3.09. The van der Waals surface area contributed by atoms with Gasteiger partial charge < -0.3 is 4.74 Å². The van der Waals surface area contributed by atoms with Crippen LogP contribution < -0.4 is 4.74 Å². The maximum Gasteiger partial charge on any atom is 0.210 e. The Hall–Kier alpha value is -2.20. The summed E-state index contributed by atoms with van der Waals surface area (Å²) in [6.07, 6.45) is 9.55. The molecule has 4 heteroatoms. The summed E-state index contributed by atoms with van der Waals surface area (Å²) in [5, 5.41) is 0.787. The number of para-hydroxylation sites is 1. The van der Waals surface area contributed by atoms with Gasteiger partial charge in [0.05, 0.1) is 16.8 Å². The number of fused-ring (bicyclic) bond motifs is 1. The Balaban J connectivity index is 1.45. The molecule has 0 atom stereocenters. The first kappa shape index (κ1) is 18.6. The number of aliphatic imine (C=N–C) groups is 1. The highest BCUT2D eigenvalue weighted by atomic mass is 32.1. The van der Waals surface area contributed by atoms with Crippen LogP contribution in [0.25, 0.3) is 10.2 Å². The summed E-state index contributed by atoms with van der Waals surface area (Å²) in [5.74, 6) is 0.927. The van der Waals surface area contributed by atoms with Crippen molar-refractivity contribution in [2.45, 2.75) is 45.4 Å². The molecular weight excluding hydrogens is 340 g/mol. The summed E-state index contributed by atoms with van der Waals surface area (Å²) in [5.41, 5.74) is 2.05. The molecule has 0 N–H and O–H groups in total. The quantitative estimate of drug-likeness (QED) is 0.292. The third kappa shape index (κ3) is 5.67. The fourth-order valence-electron chi connectivity index (χ4n) is 2.77. The largest absolute Gasteiger partial charge is 0.494 e. The van der Waals surface area contributed by atoms with Crippen LogP contribution in [0.4, 0.5) is 5.13 Å². The standard InChI is InChI=1S/C22H26N2OS/c1-2-3-4-5-6-9-16-25-19-14-12-18(13-15-19)17-23-22-24-20-10-7-8-11-21(20)26-22/h7-8,10-15,17H,2-6,9,16H2,1H3/b23-17+. The Kier molecular flexibility index (Phi) is 7.20. The molecule has 3 nitrogen and oxygen atoms in total. The lowest BCUT2D eigenvalue weighted by Gasteiger charge is -2.06. The predicted octanol–water partition coefficient (Wildman–Crippen LogP) is 6.79. The van der Waals surface area contributed by atoms with Gasteiger partial charge in [-0.1, -0.05) is 62.5 Å². The summed E-state index contributed by atoms with van der Waals surface area (Å²) in [6, 6.07) is 16.2. The fraction of sp³-hybridized carbons (Fsp3) is 0.364. The normalized spacial score (nSPS) is 11.4. The molecule has 0 aliphatic heterocycles. The van der Waals surface area contributed by atoms with Crippen molar-refractivity contribution in [1.82, 2.24) is 4.98 Å². The van der Waals surface area contributed by atoms with Crippen LogP contribution in [-0.4, -0.2) is 17.8 Å². The molecule has 0 unspecified atom stereocenters. The van der Waals surface area contributed by atoms with Gasteiger partial charge in [-0.2, -0.15) is 0 Å². The monoisotopic (exact) mass is 366 g/mol. The van der Waals surface area contributed by atoms with Gasteiger partial charge in [0.2, 0.25) is 5.13 Å². The van der Waals surface area contributed by atoms with Gasteiger partial charge in [0.25, 0.3) is 0 Å². The van der Waals surface area contributed by atoms with Gasteiger partial charge in [-0.3, -0.25) is 0 Å². The predicted molar refractivity (Wildman–Crippen MR) is 112 cm³/mol. The second-order valence-corrected chi connectivity index (χ2v) is 7.42.